The number of azo groups is 1. The quantitative estimate of drug-likeness (QED) is 0.427. The molecule has 0 saturated carbocycles. The molecule has 3 aromatic rings. The number of hydrogen-bond acceptors (Lipinski definition) is 7. The monoisotopic (exact) mass is 391 g/mol. The van der Waals surface area contributed by atoms with Gasteiger partial charge in [0.25, 0.3) is 5.91 Å². The molecule has 0 saturated heterocycles. The van der Waals surface area contributed by atoms with E-state index in [1.807, 2.05) is 30.3 Å². The van der Waals surface area contributed by atoms with E-state index in [1.54, 1.807) is 24.3 Å². The molecular formula is C21H17N3O5. The topological polar surface area (TPSA) is 121 Å². The van der Waals surface area contributed by atoms with Gasteiger partial charge in [-0.15, -0.1) is 0 Å². The molecule has 0 radical (unpaired) electrons. The van der Waals surface area contributed by atoms with Crippen molar-refractivity contribution in [3.8, 4) is 11.5 Å². The second-order valence-electron chi connectivity index (χ2n) is 5.91. The molecule has 3 rings (SSSR count). The minimum absolute atomic E-state index is 0.149. The Morgan fingerprint density at radius 2 is 1.52 bits per heavy atom. The van der Waals surface area contributed by atoms with Gasteiger partial charge in [-0.2, -0.15) is 10.2 Å². The van der Waals surface area contributed by atoms with Gasteiger partial charge in [0.2, 0.25) is 0 Å². The number of carbonyl (C=O) groups excluding carboxylic acids is 2. The van der Waals surface area contributed by atoms with Crippen LogP contribution in [-0.2, 0) is 9.53 Å². The van der Waals surface area contributed by atoms with Crippen LogP contribution in [0.1, 0.15) is 10.4 Å². The maximum Gasteiger partial charge on any atom is 0.342 e. The van der Waals surface area contributed by atoms with Crippen LogP contribution in [0.5, 0.6) is 11.5 Å². The molecule has 8 heteroatoms. The number of anilines is 1. The predicted molar refractivity (Wildman–Crippen MR) is 106 cm³/mol. The summed E-state index contributed by atoms with van der Waals surface area (Å²) in [5.41, 5.74) is 1.69. The Bertz CT molecular complexity index is 1030. The van der Waals surface area contributed by atoms with Crippen LogP contribution in [0, 0.1) is 0 Å². The maximum atomic E-state index is 12.0. The van der Waals surface area contributed by atoms with Crippen molar-refractivity contribution in [3.05, 3.63) is 78.4 Å². The van der Waals surface area contributed by atoms with E-state index in [4.69, 9.17) is 4.74 Å². The molecule has 0 heterocycles. The molecule has 1 amide bonds. The van der Waals surface area contributed by atoms with E-state index in [0.29, 0.717) is 11.4 Å². The number of nitrogens with zero attached hydrogens (tertiary/aromatic N) is 2. The second-order valence-corrected chi connectivity index (χ2v) is 5.91. The number of phenols is 2. The Morgan fingerprint density at radius 1 is 0.862 bits per heavy atom. The summed E-state index contributed by atoms with van der Waals surface area (Å²) in [5, 5.41) is 29.6. The SMILES string of the molecule is O=C(COC(=O)c1ccc(O)cc1O)Nc1ccc(N=Nc2ccccc2)cc1. The van der Waals surface area contributed by atoms with Gasteiger partial charge in [0.1, 0.15) is 17.1 Å². The Labute approximate surface area is 166 Å². The van der Waals surface area contributed by atoms with Gasteiger partial charge < -0.3 is 20.3 Å². The number of aromatic hydroxyl groups is 2. The molecule has 3 aromatic carbocycles. The third kappa shape index (κ3) is 5.64. The number of rotatable bonds is 6. The minimum atomic E-state index is -0.880. The fraction of sp³-hybridized carbons (Fsp3) is 0.0476. The van der Waals surface area contributed by atoms with Gasteiger partial charge in [-0.05, 0) is 48.5 Å². The predicted octanol–water partition coefficient (Wildman–Crippen LogP) is 4.31. The Balaban J connectivity index is 1.51. The molecule has 0 aliphatic rings. The van der Waals surface area contributed by atoms with Crippen LogP contribution in [0.15, 0.2) is 83.0 Å². The first-order valence-corrected chi connectivity index (χ1v) is 8.57. The highest BCUT2D eigenvalue weighted by Crippen LogP contribution is 2.23. The Kier molecular flexibility index (Phi) is 6.16. The average molecular weight is 391 g/mol. The first-order valence-electron chi connectivity index (χ1n) is 8.57. The molecule has 0 bridgehead atoms. The number of carbonyl (C=O) groups is 2. The van der Waals surface area contributed by atoms with E-state index in [0.717, 1.165) is 11.8 Å². The largest absolute Gasteiger partial charge is 0.508 e. The summed E-state index contributed by atoms with van der Waals surface area (Å²) in [6, 6.07) is 19.4. The van der Waals surface area contributed by atoms with Gasteiger partial charge in [-0.1, -0.05) is 18.2 Å². The maximum absolute atomic E-state index is 12.0. The molecule has 0 aromatic heterocycles. The molecule has 3 N–H and O–H groups in total. The summed E-state index contributed by atoms with van der Waals surface area (Å²) in [6.07, 6.45) is 0. The van der Waals surface area contributed by atoms with Crippen LogP contribution in [-0.4, -0.2) is 28.7 Å². The highest BCUT2D eigenvalue weighted by Gasteiger charge is 2.15. The molecular weight excluding hydrogens is 374 g/mol. The molecule has 0 spiro atoms. The van der Waals surface area contributed by atoms with Crippen molar-refractivity contribution in [1.82, 2.24) is 0 Å². The molecule has 0 aliphatic carbocycles. The molecule has 0 fully saturated rings. The molecule has 0 atom stereocenters. The van der Waals surface area contributed by atoms with E-state index in [1.165, 1.54) is 12.1 Å². The zero-order chi connectivity index (χ0) is 20.6. The van der Waals surface area contributed by atoms with E-state index < -0.39 is 24.2 Å². The van der Waals surface area contributed by atoms with Gasteiger partial charge in [0.15, 0.2) is 6.61 Å². The first kappa shape index (κ1) is 19.6. The lowest BCUT2D eigenvalue weighted by Gasteiger charge is -2.08. The number of ether oxygens (including phenoxy) is 1. The highest BCUT2D eigenvalue weighted by atomic mass is 16.5. The van der Waals surface area contributed by atoms with E-state index >= 15 is 0 Å². The van der Waals surface area contributed by atoms with E-state index in [2.05, 4.69) is 15.5 Å². The summed E-state index contributed by atoms with van der Waals surface area (Å²) >= 11 is 0. The van der Waals surface area contributed by atoms with Crippen LogP contribution in [0.25, 0.3) is 0 Å². The third-order valence-electron chi connectivity index (χ3n) is 3.72. The lowest BCUT2D eigenvalue weighted by atomic mass is 10.2. The van der Waals surface area contributed by atoms with Crippen LogP contribution in [0.4, 0.5) is 17.1 Å². The lowest BCUT2D eigenvalue weighted by Crippen LogP contribution is -2.20. The second kappa shape index (κ2) is 9.14. The van der Waals surface area contributed by atoms with Crippen LogP contribution < -0.4 is 5.32 Å². The lowest BCUT2D eigenvalue weighted by molar-refractivity contribution is -0.119. The highest BCUT2D eigenvalue weighted by molar-refractivity contribution is 5.96. The van der Waals surface area contributed by atoms with E-state index in [-0.39, 0.29) is 11.3 Å². The van der Waals surface area contributed by atoms with Gasteiger partial charge in [-0.25, -0.2) is 4.79 Å². The normalized spacial score (nSPS) is 10.6. The number of benzene rings is 3. The number of nitrogens with one attached hydrogen (secondary N) is 1. The summed E-state index contributed by atoms with van der Waals surface area (Å²) < 4.78 is 4.87. The van der Waals surface area contributed by atoms with Gasteiger partial charge in [-0.3, -0.25) is 4.79 Å². The summed E-state index contributed by atoms with van der Waals surface area (Å²) in [7, 11) is 0. The standard InChI is InChI=1S/C21H17N3O5/c25-17-10-11-18(19(26)12-17)21(28)29-13-20(27)22-14-6-8-16(9-7-14)24-23-15-4-2-1-3-5-15/h1-12,25-26H,13H2,(H,22,27). The molecule has 0 unspecified atom stereocenters. The van der Waals surface area contributed by atoms with E-state index in [9.17, 15) is 19.8 Å². The summed E-state index contributed by atoms with van der Waals surface area (Å²) in [4.78, 5) is 23.9. The summed E-state index contributed by atoms with van der Waals surface area (Å²) in [6.45, 7) is -0.533. The van der Waals surface area contributed by atoms with Gasteiger partial charge in [0, 0.05) is 11.8 Å². The zero-order valence-electron chi connectivity index (χ0n) is 15.1. The number of amides is 1. The Hall–Kier alpha value is -4.20. The molecule has 8 nitrogen and oxygen atoms in total. The van der Waals surface area contributed by atoms with Crippen molar-refractivity contribution >= 4 is 28.9 Å². The fourth-order valence-corrected chi connectivity index (χ4v) is 2.32. The van der Waals surface area contributed by atoms with Gasteiger partial charge >= 0.3 is 5.97 Å². The smallest absolute Gasteiger partial charge is 0.342 e. The molecule has 29 heavy (non-hydrogen) atoms. The molecule has 0 aliphatic heterocycles. The van der Waals surface area contributed by atoms with Crippen molar-refractivity contribution < 1.29 is 24.5 Å². The third-order valence-corrected chi connectivity index (χ3v) is 3.72. The summed E-state index contributed by atoms with van der Waals surface area (Å²) in [5.74, 6) is -2.05. The molecule has 146 valence electrons. The van der Waals surface area contributed by atoms with Crippen molar-refractivity contribution in [2.45, 2.75) is 0 Å². The van der Waals surface area contributed by atoms with Crippen molar-refractivity contribution in [2.24, 2.45) is 10.2 Å². The minimum Gasteiger partial charge on any atom is -0.508 e. The van der Waals surface area contributed by atoms with Crippen LogP contribution in [0.2, 0.25) is 0 Å². The average Bonchev–Trinajstić information content (AvgIpc) is 2.72. The van der Waals surface area contributed by atoms with Crippen LogP contribution in [0.3, 0.4) is 0 Å². The first-order chi connectivity index (χ1) is 14.0. The van der Waals surface area contributed by atoms with Crippen LogP contribution >= 0.6 is 0 Å². The van der Waals surface area contributed by atoms with Gasteiger partial charge in [0.05, 0.1) is 11.4 Å². The Morgan fingerprint density at radius 3 is 2.17 bits per heavy atom. The zero-order valence-corrected chi connectivity index (χ0v) is 15.1. The number of phenolic OH excluding ortho intramolecular Hbond substituents is 2. The van der Waals surface area contributed by atoms with Crippen molar-refractivity contribution in [3.63, 3.8) is 0 Å². The van der Waals surface area contributed by atoms with Crippen molar-refractivity contribution in [1.29, 1.82) is 0 Å². The fourth-order valence-electron chi connectivity index (χ4n) is 2.32. The number of esters is 1. The van der Waals surface area contributed by atoms with Crippen molar-refractivity contribution in [2.75, 3.05) is 11.9 Å². The number of hydrogen-bond donors (Lipinski definition) is 3.